The van der Waals surface area contributed by atoms with Crippen LogP contribution in [0.1, 0.15) is 21.5 Å². The van der Waals surface area contributed by atoms with E-state index in [1.165, 1.54) is 25.3 Å². The van der Waals surface area contributed by atoms with E-state index >= 15 is 0 Å². The summed E-state index contributed by atoms with van der Waals surface area (Å²) in [6, 6.07) is 9.16. The number of carbonyl (C=O) groups is 1. The zero-order valence-corrected chi connectivity index (χ0v) is 11.8. The van der Waals surface area contributed by atoms with Crippen molar-refractivity contribution < 1.29 is 19.0 Å². The van der Waals surface area contributed by atoms with Gasteiger partial charge in [0.15, 0.2) is 0 Å². The van der Waals surface area contributed by atoms with Gasteiger partial charge in [-0.2, -0.15) is 0 Å². The highest BCUT2D eigenvalue weighted by Gasteiger charge is 2.12. The Bertz CT molecular complexity index is 671. The van der Waals surface area contributed by atoms with E-state index in [0.29, 0.717) is 16.9 Å². The van der Waals surface area contributed by atoms with Crippen LogP contribution in [0.15, 0.2) is 36.4 Å². The number of rotatable bonds is 4. The number of nitrogens with one attached hydrogen (secondary N) is 1. The summed E-state index contributed by atoms with van der Waals surface area (Å²) < 4.78 is 18.4. The molecule has 0 bridgehead atoms. The molecule has 5 heteroatoms. The number of aromatic hydroxyl groups is 1. The minimum absolute atomic E-state index is 0.113. The molecule has 21 heavy (non-hydrogen) atoms. The fourth-order valence-electron chi connectivity index (χ4n) is 1.85. The molecule has 0 spiro atoms. The number of halogens is 1. The maximum Gasteiger partial charge on any atom is 0.255 e. The van der Waals surface area contributed by atoms with E-state index in [2.05, 4.69) is 5.32 Å². The fraction of sp³-hybridized carbons (Fsp3) is 0.188. The minimum atomic E-state index is -0.451. The minimum Gasteiger partial charge on any atom is -0.507 e. The second-order valence-electron chi connectivity index (χ2n) is 4.65. The van der Waals surface area contributed by atoms with Gasteiger partial charge in [-0.1, -0.05) is 12.1 Å². The lowest BCUT2D eigenvalue weighted by molar-refractivity contribution is 0.0948. The third kappa shape index (κ3) is 3.51. The first-order valence-corrected chi connectivity index (χ1v) is 6.41. The molecule has 0 aliphatic rings. The summed E-state index contributed by atoms with van der Waals surface area (Å²) in [5.41, 5.74) is 1.31. The standard InChI is InChI=1S/C16H16FNO3/c1-10-3-4-11(7-14(10)17)9-18-16(20)13-8-12(21-2)5-6-15(13)19/h3-8,19H,9H2,1-2H3,(H,18,20). The molecule has 0 radical (unpaired) electrons. The molecule has 2 aromatic carbocycles. The quantitative estimate of drug-likeness (QED) is 0.910. The SMILES string of the molecule is COc1ccc(O)c(C(=O)NCc2ccc(C)c(F)c2)c1. The molecular weight excluding hydrogens is 273 g/mol. The van der Waals surface area contributed by atoms with Gasteiger partial charge in [0.2, 0.25) is 0 Å². The van der Waals surface area contributed by atoms with Crippen molar-refractivity contribution >= 4 is 5.91 Å². The Morgan fingerprint density at radius 2 is 2.05 bits per heavy atom. The zero-order chi connectivity index (χ0) is 15.4. The molecule has 0 atom stereocenters. The number of phenols is 1. The molecule has 110 valence electrons. The topological polar surface area (TPSA) is 58.6 Å². The van der Waals surface area contributed by atoms with E-state index in [4.69, 9.17) is 4.74 Å². The number of ether oxygens (including phenoxy) is 1. The van der Waals surface area contributed by atoms with Gasteiger partial charge in [0, 0.05) is 6.54 Å². The van der Waals surface area contributed by atoms with Crippen LogP contribution in [0.25, 0.3) is 0 Å². The lowest BCUT2D eigenvalue weighted by atomic mass is 10.1. The van der Waals surface area contributed by atoms with Crippen molar-refractivity contribution in [3.05, 3.63) is 58.9 Å². The van der Waals surface area contributed by atoms with Gasteiger partial charge in [-0.3, -0.25) is 4.79 Å². The number of hydrogen-bond acceptors (Lipinski definition) is 3. The Balaban J connectivity index is 2.09. The largest absolute Gasteiger partial charge is 0.507 e. The van der Waals surface area contributed by atoms with Crippen LogP contribution in [0.4, 0.5) is 4.39 Å². The second-order valence-corrected chi connectivity index (χ2v) is 4.65. The average molecular weight is 289 g/mol. The van der Waals surface area contributed by atoms with Gasteiger partial charge in [0.25, 0.3) is 5.91 Å². The first kappa shape index (κ1) is 14.8. The first-order chi connectivity index (χ1) is 10.0. The van der Waals surface area contributed by atoms with E-state index < -0.39 is 5.91 Å². The first-order valence-electron chi connectivity index (χ1n) is 6.41. The Kier molecular flexibility index (Phi) is 4.42. The molecule has 0 aromatic heterocycles. The monoisotopic (exact) mass is 289 g/mol. The maximum absolute atomic E-state index is 13.4. The third-order valence-electron chi connectivity index (χ3n) is 3.14. The molecule has 0 heterocycles. The van der Waals surface area contributed by atoms with Crippen molar-refractivity contribution in [1.29, 1.82) is 0 Å². The predicted molar refractivity (Wildman–Crippen MR) is 77.0 cm³/mol. The van der Waals surface area contributed by atoms with Crippen molar-refractivity contribution in [3.8, 4) is 11.5 Å². The van der Waals surface area contributed by atoms with E-state index in [-0.39, 0.29) is 23.7 Å². The lowest BCUT2D eigenvalue weighted by Gasteiger charge is -2.09. The third-order valence-corrected chi connectivity index (χ3v) is 3.14. The highest BCUT2D eigenvalue weighted by molar-refractivity contribution is 5.97. The molecule has 1 amide bonds. The van der Waals surface area contributed by atoms with Gasteiger partial charge in [-0.25, -0.2) is 4.39 Å². The van der Waals surface area contributed by atoms with Gasteiger partial charge in [0.1, 0.15) is 17.3 Å². The molecule has 0 fully saturated rings. The summed E-state index contributed by atoms with van der Waals surface area (Å²) in [6.07, 6.45) is 0. The van der Waals surface area contributed by atoms with Gasteiger partial charge in [0.05, 0.1) is 12.7 Å². The van der Waals surface area contributed by atoms with E-state index in [1.54, 1.807) is 25.1 Å². The summed E-state index contributed by atoms with van der Waals surface area (Å²) in [5.74, 6) is -0.430. The Labute approximate surface area is 122 Å². The van der Waals surface area contributed by atoms with Crippen molar-refractivity contribution in [2.24, 2.45) is 0 Å². The van der Waals surface area contributed by atoms with Gasteiger partial charge in [-0.05, 0) is 42.3 Å². The highest BCUT2D eigenvalue weighted by atomic mass is 19.1. The number of benzene rings is 2. The van der Waals surface area contributed by atoms with Crippen molar-refractivity contribution in [1.82, 2.24) is 5.32 Å². The summed E-state index contributed by atoms with van der Waals surface area (Å²) in [4.78, 5) is 12.0. The van der Waals surface area contributed by atoms with E-state index in [0.717, 1.165) is 0 Å². The average Bonchev–Trinajstić information content (AvgIpc) is 2.48. The van der Waals surface area contributed by atoms with Gasteiger partial charge in [-0.15, -0.1) is 0 Å². The van der Waals surface area contributed by atoms with Gasteiger partial charge < -0.3 is 15.2 Å². The van der Waals surface area contributed by atoms with Gasteiger partial charge >= 0.3 is 0 Å². The predicted octanol–water partition coefficient (Wildman–Crippen LogP) is 2.78. The number of phenolic OH excluding ortho intramolecular Hbond substituents is 1. The van der Waals surface area contributed by atoms with Crippen LogP contribution in [0, 0.1) is 12.7 Å². The molecule has 2 aromatic rings. The Hall–Kier alpha value is -2.56. The van der Waals surface area contributed by atoms with Crippen LogP contribution in [0.5, 0.6) is 11.5 Å². The molecular formula is C16H16FNO3. The number of amides is 1. The zero-order valence-electron chi connectivity index (χ0n) is 11.8. The summed E-state index contributed by atoms with van der Waals surface area (Å²) in [5, 5.41) is 12.3. The molecule has 2 rings (SSSR count). The van der Waals surface area contributed by atoms with Crippen molar-refractivity contribution in [3.63, 3.8) is 0 Å². The Morgan fingerprint density at radius 1 is 1.29 bits per heavy atom. The molecule has 2 N–H and O–H groups in total. The summed E-state index contributed by atoms with van der Waals surface area (Å²) in [7, 11) is 1.48. The van der Waals surface area contributed by atoms with Crippen LogP contribution < -0.4 is 10.1 Å². The van der Waals surface area contributed by atoms with Crippen LogP contribution >= 0.6 is 0 Å². The smallest absolute Gasteiger partial charge is 0.255 e. The number of carbonyl (C=O) groups excluding carboxylic acids is 1. The van der Waals surface area contributed by atoms with Crippen LogP contribution in [-0.2, 0) is 6.54 Å². The second kappa shape index (κ2) is 6.26. The maximum atomic E-state index is 13.4. The molecule has 0 aliphatic heterocycles. The molecule has 0 saturated carbocycles. The van der Waals surface area contributed by atoms with E-state index in [1.807, 2.05) is 0 Å². The lowest BCUT2D eigenvalue weighted by Crippen LogP contribution is -2.23. The van der Waals surface area contributed by atoms with E-state index in [9.17, 15) is 14.3 Å². The number of aryl methyl sites for hydroxylation is 1. The molecule has 0 aliphatic carbocycles. The van der Waals surface area contributed by atoms with Crippen LogP contribution in [-0.4, -0.2) is 18.1 Å². The normalized spacial score (nSPS) is 10.2. The summed E-state index contributed by atoms with van der Waals surface area (Å²) in [6.45, 7) is 1.85. The summed E-state index contributed by atoms with van der Waals surface area (Å²) >= 11 is 0. The molecule has 4 nitrogen and oxygen atoms in total. The fourth-order valence-corrected chi connectivity index (χ4v) is 1.85. The van der Waals surface area contributed by atoms with Crippen molar-refractivity contribution in [2.45, 2.75) is 13.5 Å². The highest BCUT2D eigenvalue weighted by Crippen LogP contribution is 2.22. The number of hydrogen-bond donors (Lipinski definition) is 2. The Morgan fingerprint density at radius 3 is 2.71 bits per heavy atom. The molecule has 0 saturated heterocycles. The van der Waals surface area contributed by atoms with Crippen molar-refractivity contribution in [2.75, 3.05) is 7.11 Å². The van der Waals surface area contributed by atoms with Crippen LogP contribution in [0.2, 0.25) is 0 Å². The van der Waals surface area contributed by atoms with Crippen LogP contribution in [0.3, 0.4) is 0 Å². The number of methoxy groups -OCH3 is 1. The molecule has 0 unspecified atom stereocenters.